The molecule has 0 saturated heterocycles. The summed E-state index contributed by atoms with van der Waals surface area (Å²) in [6.45, 7) is 3.93. The van der Waals surface area contributed by atoms with Gasteiger partial charge in [-0.3, -0.25) is 4.79 Å². The van der Waals surface area contributed by atoms with Crippen molar-refractivity contribution in [3.05, 3.63) is 77.6 Å². The van der Waals surface area contributed by atoms with Crippen LogP contribution in [0.1, 0.15) is 34.5 Å². The fourth-order valence-corrected chi connectivity index (χ4v) is 2.65. The Kier molecular flexibility index (Phi) is 5.66. The molecule has 0 radical (unpaired) electrons. The number of carbonyl (C=O) groups excluding carboxylic acids is 1. The number of nitrogens with zero attached hydrogens (tertiary/aromatic N) is 2. The van der Waals surface area contributed by atoms with Crippen molar-refractivity contribution in [2.24, 2.45) is 0 Å². The molecule has 0 aliphatic carbocycles. The molecule has 6 heteroatoms. The van der Waals surface area contributed by atoms with Gasteiger partial charge in [0.1, 0.15) is 5.75 Å². The van der Waals surface area contributed by atoms with Crippen LogP contribution >= 0.6 is 0 Å². The zero-order valence-electron chi connectivity index (χ0n) is 15.6. The molecule has 1 heterocycles. The SMILES string of the molecule is COc1ccc(C)cc1Nc1ncc(C(=O)NC(C)c2ccccc2)cn1. The van der Waals surface area contributed by atoms with Crippen LogP contribution in [-0.2, 0) is 0 Å². The van der Waals surface area contributed by atoms with E-state index < -0.39 is 0 Å². The lowest BCUT2D eigenvalue weighted by Crippen LogP contribution is -2.26. The first-order valence-electron chi connectivity index (χ1n) is 8.66. The van der Waals surface area contributed by atoms with Crippen LogP contribution in [-0.4, -0.2) is 23.0 Å². The number of amides is 1. The van der Waals surface area contributed by atoms with E-state index in [1.54, 1.807) is 7.11 Å². The van der Waals surface area contributed by atoms with Gasteiger partial charge in [-0.25, -0.2) is 9.97 Å². The third-order valence-corrected chi connectivity index (χ3v) is 4.16. The lowest BCUT2D eigenvalue weighted by atomic mass is 10.1. The molecule has 0 saturated carbocycles. The Morgan fingerprint density at radius 1 is 1.07 bits per heavy atom. The molecule has 1 unspecified atom stereocenters. The van der Waals surface area contributed by atoms with Gasteiger partial charge in [0.05, 0.1) is 24.4 Å². The van der Waals surface area contributed by atoms with Crippen molar-refractivity contribution in [2.75, 3.05) is 12.4 Å². The normalized spacial score (nSPS) is 11.5. The fraction of sp³-hybridized carbons (Fsp3) is 0.190. The van der Waals surface area contributed by atoms with E-state index in [0.29, 0.717) is 17.3 Å². The monoisotopic (exact) mass is 362 g/mol. The highest BCUT2D eigenvalue weighted by Gasteiger charge is 2.13. The topological polar surface area (TPSA) is 76.1 Å². The Balaban J connectivity index is 1.68. The summed E-state index contributed by atoms with van der Waals surface area (Å²) in [4.78, 5) is 20.9. The van der Waals surface area contributed by atoms with Gasteiger partial charge in [-0.05, 0) is 37.1 Å². The van der Waals surface area contributed by atoms with Crippen molar-refractivity contribution in [3.8, 4) is 5.75 Å². The number of nitrogens with one attached hydrogen (secondary N) is 2. The van der Waals surface area contributed by atoms with Gasteiger partial charge >= 0.3 is 0 Å². The van der Waals surface area contributed by atoms with Crippen LogP contribution in [0.5, 0.6) is 5.75 Å². The van der Waals surface area contributed by atoms with E-state index in [-0.39, 0.29) is 11.9 Å². The van der Waals surface area contributed by atoms with Crippen molar-refractivity contribution < 1.29 is 9.53 Å². The van der Waals surface area contributed by atoms with Crippen molar-refractivity contribution in [1.29, 1.82) is 0 Å². The Morgan fingerprint density at radius 2 is 1.78 bits per heavy atom. The fourth-order valence-electron chi connectivity index (χ4n) is 2.65. The molecule has 1 atom stereocenters. The van der Waals surface area contributed by atoms with Gasteiger partial charge in [-0.2, -0.15) is 0 Å². The highest BCUT2D eigenvalue weighted by molar-refractivity contribution is 5.93. The van der Waals surface area contributed by atoms with E-state index in [4.69, 9.17) is 4.74 Å². The Labute approximate surface area is 158 Å². The van der Waals surface area contributed by atoms with Gasteiger partial charge in [0, 0.05) is 12.4 Å². The number of hydrogen-bond donors (Lipinski definition) is 2. The summed E-state index contributed by atoms with van der Waals surface area (Å²) in [5, 5.41) is 6.07. The van der Waals surface area contributed by atoms with Crippen LogP contribution < -0.4 is 15.4 Å². The van der Waals surface area contributed by atoms with Gasteiger partial charge < -0.3 is 15.4 Å². The predicted octanol–water partition coefficient (Wildman–Crippen LogP) is 4.03. The van der Waals surface area contributed by atoms with Crippen molar-refractivity contribution in [1.82, 2.24) is 15.3 Å². The van der Waals surface area contributed by atoms with Gasteiger partial charge in [0.15, 0.2) is 0 Å². The standard InChI is InChI=1S/C21H22N4O2/c1-14-9-10-19(27-3)18(11-14)25-21-22-12-17(13-23-21)20(26)24-15(2)16-7-5-4-6-8-16/h4-13,15H,1-3H3,(H,24,26)(H,22,23,25). The number of carbonyl (C=O) groups is 1. The Bertz CT molecular complexity index is 911. The van der Waals surface area contributed by atoms with E-state index in [9.17, 15) is 4.79 Å². The molecule has 0 fully saturated rings. The average molecular weight is 362 g/mol. The van der Waals surface area contributed by atoms with E-state index in [1.165, 1.54) is 12.4 Å². The molecule has 0 spiro atoms. The third kappa shape index (κ3) is 4.61. The molecule has 2 N–H and O–H groups in total. The maximum atomic E-state index is 12.4. The molecule has 1 amide bonds. The number of hydrogen-bond acceptors (Lipinski definition) is 5. The zero-order valence-corrected chi connectivity index (χ0v) is 15.6. The van der Waals surface area contributed by atoms with E-state index >= 15 is 0 Å². The number of rotatable bonds is 6. The Hall–Kier alpha value is -3.41. The van der Waals surface area contributed by atoms with Crippen molar-refractivity contribution in [3.63, 3.8) is 0 Å². The molecule has 138 valence electrons. The minimum absolute atomic E-state index is 0.104. The molecular weight excluding hydrogens is 340 g/mol. The van der Waals surface area contributed by atoms with E-state index in [1.807, 2.05) is 62.4 Å². The van der Waals surface area contributed by atoms with Crippen LogP contribution in [0.3, 0.4) is 0 Å². The maximum Gasteiger partial charge on any atom is 0.254 e. The smallest absolute Gasteiger partial charge is 0.254 e. The summed E-state index contributed by atoms with van der Waals surface area (Å²) < 4.78 is 5.34. The van der Waals surface area contributed by atoms with Crippen molar-refractivity contribution in [2.45, 2.75) is 19.9 Å². The molecular formula is C21H22N4O2. The van der Waals surface area contributed by atoms with Crippen LogP contribution in [0.4, 0.5) is 11.6 Å². The highest BCUT2D eigenvalue weighted by atomic mass is 16.5. The average Bonchev–Trinajstić information content (AvgIpc) is 2.69. The summed E-state index contributed by atoms with van der Waals surface area (Å²) in [5.41, 5.74) is 3.30. The maximum absolute atomic E-state index is 12.4. The minimum atomic E-state index is -0.217. The Morgan fingerprint density at radius 3 is 2.44 bits per heavy atom. The molecule has 0 bridgehead atoms. The number of anilines is 2. The quantitative estimate of drug-likeness (QED) is 0.692. The van der Waals surface area contributed by atoms with Crippen LogP contribution in [0.25, 0.3) is 0 Å². The second kappa shape index (κ2) is 8.31. The second-order valence-corrected chi connectivity index (χ2v) is 6.23. The predicted molar refractivity (Wildman–Crippen MR) is 105 cm³/mol. The second-order valence-electron chi connectivity index (χ2n) is 6.23. The molecule has 1 aromatic heterocycles. The highest BCUT2D eigenvalue weighted by Crippen LogP contribution is 2.27. The third-order valence-electron chi connectivity index (χ3n) is 4.16. The minimum Gasteiger partial charge on any atom is -0.495 e. The molecule has 0 aliphatic rings. The summed E-state index contributed by atoms with van der Waals surface area (Å²) in [7, 11) is 1.61. The van der Waals surface area contributed by atoms with Crippen LogP contribution in [0.2, 0.25) is 0 Å². The number of ether oxygens (including phenoxy) is 1. The van der Waals surface area contributed by atoms with Gasteiger partial charge in [-0.15, -0.1) is 0 Å². The van der Waals surface area contributed by atoms with Crippen LogP contribution in [0, 0.1) is 6.92 Å². The molecule has 2 aromatic carbocycles. The first-order chi connectivity index (χ1) is 13.1. The molecule has 27 heavy (non-hydrogen) atoms. The van der Waals surface area contributed by atoms with Crippen molar-refractivity contribution >= 4 is 17.5 Å². The first-order valence-corrected chi connectivity index (χ1v) is 8.66. The summed E-state index contributed by atoms with van der Waals surface area (Å²) in [6.07, 6.45) is 3.01. The molecule has 3 aromatic rings. The van der Waals surface area contributed by atoms with Gasteiger partial charge in [0.25, 0.3) is 5.91 Å². The summed E-state index contributed by atoms with van der Waals surface area (Å²) in [6, 6.07) is 15.5. The molecule has 3 rings (SSSR count). The lowest BCUT2D eigenvalue weighted by Gasteiger charge is -2.14. The van der Waals surface area contributed by atoms with E-state index in [0.717, 1.165) is 16.8 Å². The van der Waals surface area contributed by atoms with Crippen LogP contribution in [0.15, 0.2) is 60.9 Å². The number of aromatic nitrogens is 2. The van der Waals surface area contributed by atoms with E-state index in [2.05, 4.69) is 20.6 Å². The summed E-state index contributed by atoms with van der Waals surface area (Å²) >= 11 is 0. The summed E-state index contributed by atoms with van der Waals surface area (Å²) in [5.74, 6) is 0.875. The van der Waals surface area contributed by atoms with Gasteiger partial charge in [0.2, 0.25) is 5.95 Å². The number of aryl methyl sites for hydroxylation is 1. The molecule has 0 aliphatic heterocycles. The largest absolute Gasteiger partial charge is 0.495 e. The first kappa shape index (κ1) is 18.4. The number of methoxy groups -OCH3 is 1. The lowest BCUT2D eigenvalue weighted by molar-refractivity contribution is 0.0939. The molecule has 6 nitrogen and oxygen atoms in total. The van der Waals surface area contributed by atoms with Gasteiger partial charge in [-0.1, -0.05) is 36.4 Å². The zero-order chi connectivity index (χ0) is 19.2. The number of benzene rings is 2.